The predicted molar refractivity (Wildman–Crippen MR) is 111 cm³/mol. The Morgan fingerprint density at radius 1 is 1.28 bits per heavy atom. The second-order valence-corrected chi connectivity index (χ2v) is 7.31. The number of nitrogens with two attached hydrogens (primary N) is 1. The number of fused-ring (bicyclic) bond motifs is 2. The highest BCUT2D eigenvalue weighted by Crippen LogP contribution is 2.24. The molecule has 6 N–H and O–H groups in total. The molecule has 0 bridgehead atoms. The number of aromatic amines is 2. The van der Waals surface area contributed by atoms with Crippen molar-refractivity contribution in [3.05, 3.63) is 40.7 Å². The number of nitrogens with one attached hydrogen (secondary N) is 4. The van der Waals surface area contributed by atoms with Gasteiger partial charge in [-0.2, -0.15) is 0 Å². The molecule has 0 radical (unpaired) electrons. The van der Waals surface area contributed by atoms with Gasteiger partial charge in [-0.15, -0.1) is 0 Å². The van der Waals surface area contributed by atoms with Gasteiger partial charge < -0.3 is 35.6 Å². The van der Waals surface area contributed by atoms with Gasteiger partial charge >= 0.3 is 11.7 Å². The Morgan fingerprint density at radius 2 is 2.03 bits per heavy atom. The Hall–Kier alpha value is -4.42. The van der Waals surface area contributed by atoms with Crippen molar-refractivity contribution in [1.29, 1.82) is 0 Å². The van der Waals surface area contributed by atoms with Crippen molar-refractivity contribution >= 4 is 46.2 Å². The van der Waals surface area contributed by atoms with Crippen LogP contribution in [0.5, 0.6) is 0 Å². The van der Waals surface area contributed by atoms with E-state index in [9.17, 15) is 24.0 Å². The molecule has 3 amide bonds. The highest BCUT2D eigenvalue weighted by atomic mass is 16.5. The molecule has 166 valence electrons. The molecule has 0 saturated carbocycles. The molecule has 3 aromatic rings. The number of hydrogen-bond acceptors (Lipinski definition) is 7. The van der Waals surface area contributed by atoms with E-state index in [1.165, 1.54) is 17.8 Å². The van der Waals surface area contributed by atoms with Crippen molar-refractivity contribution in [3.63, 3.8) is 0 Å². The fourth-order valence-electron chi connectivity index (χ4n) is 3.38. The summed E-state index contributed by atoms with van der Waals surface area (Å²) in [5.41, 5.74) is 6.29. The number of ether oxygens (including phenoxy) is 1. The summed E-state index contributed by atoms with van der Waals surface area (Å²) in [5, 5.41) is 5.12. The lowest BCUT2D eigenvalue weighted by atomic mass is 10.0. The molecule has 3 heterocycles. The first kappa shape index (κ1) is 20.8. The number of benzene rings is 1. The van der Waals surface area contributed by atoms with Gasteiger partial charge in [0.15, 0.2) is 11.8 Å². The number of aromatic nitrogens is 4. The quantitative estimate of drug-likeness (QED) is 0.323. The summed E-state index contributed by atoms with van der Waals surface area (Å²) in [4.78, 5) is 68.7. The largest absolute Gasteiger partial charge is 0.453 e. The molecule has 0 fully saturated rings. The van der Waals surface area contributed by atoms with Gasteiger partial charge in [0.1, 0.15) is 5.82 Å². The van der Waals surface area contributed by atoms with Gasteiger partial charge in [0.05, 0.1) is 29.7 Å². The normalized spacial score (nSPS) is 16.2. The van der Waals surface area contributed by atoms with Gasteiger partial charge in [0.2, 0.25) is 5.91 Å². The second kappa shape index (κ2) is 8.02. The number of carbonyl (C=O) groups is 4. The van der Waals surface area contributed by atoms with E-state index in [0.29, 0.717) is 16.7 Å². The van der Waals surface area contributed by atoms with E-state index in [-0.39, 0.29) is 30.2 Å². The molecule has 0 saturated heterocycles. The molecule has 4 rings (SSSR count). The van der Waals surface area contributed by atoms with Crippen LogP contribution in [0.1, 0.15) is 23.8 Å². The SMILES string of the molecule is CC(OC(=O)CC1Cn2cnc(C(N)=O)c2NC1=O)C(=O)Nc1ccc2[nH]c(=O)[nH]c2c1. The number of primary amides is 1. The van der Waals surface area contributed by atoms with E-state index in [1.54, 1.807) is 18.2 Å². The maximum absolute atomic E-state index is 12.4. The molecule has 1 aromatic carbocycles. The molecule has 2 aromatic heterocycles. The van der Waals surface area contributed by atoms with Crippen LogP contribution < -0.4 is 22.1 Å². The number of esters is 1. The zero-order valence-corrected chi connectivity index (χ0v) is 16.8. The van der Waals surface area contributed by atoms with Crippen molar-refractivity contribution in [1.82, 2.24) is 19.5 Å². The zero-order chi connectivity index (χ0) is 23.0. The lowest BCUT2D eigenvalue weighted by molar-refractivity contribution is -0.155. The third-order valence-corrected chi connectivity index (χ3v) is 4.97. The van der Waals surface area contributed by atoms with Crippen molar-refractivity contribution in [3.8, 4) is 0 Å². The maximum Gasteiger partial charge on any atom is 0.323 e. The van der Waals surface area contributed by atoms with Gasteiger partial charge in [-0.05, 0) is 25.1 Å². The smallest absolute Gasteiger partial charge is 0.323 e. The number of imidazole rings is 2. The Morgan fingerprint density at radius 3 is 2.78 bits per heavy atom. The minimum Gasteiger partial charge on any atom is -0.453 e. The van der Waals surface area contributed by atoms with Crippen LogP contribution in [0.15, 0.2) is 29.3 Å². The molecule has 0 spiro atoms. The highest BCUT2D eigenvalue weighted by Gasteiger charge is 2.32. The van der Waals surface area contributed by atoms with E-state index in [0.717, 1.165) is 0 Å². The minimum atomic E-state index is -1.12. The molecule has 1 aliphatic rings. The molecule has 13 heteroatoms. The van der Waals surface area contributed by atoms with Gasteiger partial charge in [0.25, 0.3) is 11.8 Å². The summed E-state index contributed by atoms with van der Waals surface area (Å²) in [7, 11) is 0. The average molecular weight is 441 g/mol. The Kier molecular flexibility index (Phi) is 5.22. The van der Waals surface area contributed by atoms with E-state index < -0.39 is 35.7 Å². The third-order valence-electron chi connectivity index (χ3n) is 4.97. The summed E-state index contributed by atoms with van der Waals surface area (Å²) >= 11 is 0. The van der Waals surface area contributed by atoms with Gasteiger partial charge in [-0.3, -0.25) is 19.2 Å². The van der Waals surface area contributed by atoms with Crippen LogP contribution in [0.25, 0.3) is 11.0 Å². The molecule has 1 aliphatic heterocycles. The first-order valence-corrected chi connectivity index (χ1v) is 9.59. The second-order valence-electron chi connectivity index (χ2n) is 7.31. The van der Waals surface area contributed by atoms with Crippen LogP contribution in [0.3, 0.4) is 0 Å². The Labute approximate surface area is 179 Å². The number of rotatable bonds is 6. The lowest BCUT2D eigenvalue weighted by Gasteiger charge is -2.24. The summed E-state index contributed by atoms with van der Waals surface area (Å²) in [6.07, 6.45) is -0.0539. The maximum atomic E-state index is 12.4. The number of carbonyl (C=O) groups excluding carboxylic acids is 4. The molecule has 32 heavy (non-hydrogen) atoms. The van der Waals surface area contributed by atoms with Crippen LogP contribution >= 0.6 is 0 Å². The summed E-state index contributed by atoms with van der Waals surface area (Å²) in [6.45, 7) is 1.50. The number of H-pyrrole nitrogens is 2. The average Bonchev–Trinajstić information content (AvgIpc) is 3.29. The third kappa shape index (κ3) is 4.08. The minimum absolute atomic E-state index is 0.0634. The van der Waals surface area contributed by atoms with Crippen LogP contribution in [0.4, 0.5) is 11.5 Å². The van der Waals surface area contributed by atoms with Crippen LogP contribution in [-0.4, -0.2) is 49.3 Å². The highest BCUT2D eigenvalue weighted by molar-refractivity contribution is 6.03. The van der Waals surface area contributed by atoms with Gasteiger partial charge in [-0.25, -0.2) is 9.78 Å². The summed E-state index contributed by atoms with van der Waals surface area (Å²) in [5.74, 6) is -3.17. The van der Waals surface area contributed by atoms with Crippen LogP contribution in [0, 0.1) is 5.92 Å². The van der Waals surface area contributed by atoms with Crippen molar-refractivity contribution in [2.24, 2.45) is 11.7 Å². The molecule has 2 atom stereocenters. The molecule has 13 nitrogen and oxygen atoms in total. The van der Waals surface area contributed by atoms with Crippen molar-refractivity contribution in [2.45, 2.75) is 26.0 Å². The number of anilines is 2. The van der Waals surface area contributed by atoms with Crippen molar-refractivity contribution in [2.75, 3.05) is 10.6 Å². The molecule has 0 aliphatic carbocycles. The first-order chi connectivity index (χ1) is 15.2. The van der Waals surface area contributed by atoms with E-state index in [2.05, 4.69) is 25.6 Å². The van der Waals surface area contributed by atoms with E-state index in [4.69, 9.17) is 10.5 Å². The zero-order valence-electron chi connectivity index (χ0n) is 16.8. The number of nitrogens with zero attached hydrogens (tertiary/aromatic N) is 2. The lowest BCUT2D eigenvalue weighted by Crippen LogP contribution is -2.37. The number of amides is 3. The van der Waals surface area contributed by atoms with Crippen LogP contribution in [0.2, 0.25) is 0 Å². The summed E-state index contributed by atoms with van der Waals surface area (Å²) in [6, 6.07) is 4.78. The monoisotopic (exact) mass is 441 g/mol. The topological polar surface area (TPSA) is 194 Å². The van der Waals surface area contributed by atoms with Gasteiger partial charge in [0, 0.05) is 12.2 Å². The Bertz CT molecular complexity index is 1300. The molecular weight excluding hydrogens is 422 g/mol. The molecule has 2 unspecified atom stereocenters. The predicted octanol–water partition coefficient (Wildman–Crippen LogP) is -0.320. The van der Waals surface area contributed by atoms with E-state index >= 15 is 0 Å². The first-order valence-electron chi connectivity index (χ1n) is 9.59. The van der Waals surface area contributed by atoms with Crippen LogP contribution in [-0.2, 0) is 25.7 Å². The van der Waals surface area contributed by atoms with Crippen molar-refractivity contribution < 1.29 is 23.9 Å². The fourth-order valence-corrected chi connectivity index (χ4v) is 3.38. The Balaban J connectivity index is 1.34. The standard InChI is InChI=1S/C19H19N7O6/c1-8(17(29)22-10-2-3-11-12(5-10)24-19(31)23-11)32-13(27)4-9-6-26-7-21-14(15(20)28)16(26)25-18(9)30/h2-3,5,7-9H,4,6H2,1H3,(H2,20,28)(H,22,29)(H,25,30)(H2,23,24,31). The van der Waals surface area contributed by atoms with Gasteiger partial charge in [-0.1, -0.05) is 0 Å². The summed E-state index contributed by atoms with van der Waals surface area (Å²) < 4.78 is 6.68. The molecular formula is C19H19N7O6. The number of hydrogen-bond donors (Lipinski definition) is 5. The van der Waals surface area contributed by atoms with E-state index in [1.807, 2.05) is 0 Å². The fraction of sp³-hybridized carbons (Fsp3) is 0.263.